The number of hydrogen-bond donors (Lipinski definition) is 2. The Morgan fingerprint density at radius 2 is 1.88 bits per heavy atom. The number of anilines is 1. The number of nitrogens with zero attached hydrogens (tertiary/aromatic N) is 4. The Morgan fingerprint density at radius 1 is 1.06 bits per heavy atom. The second-order valence-electron chi connectivity index (χ2n) is 7.31. The molecule has 0 radical (unpaired) electrons. The van der Waals surface area contributed by atoms with E-state index in [9.17, 15) is 14.4 Å². The van der Waals surface area contributed by atoms with Crippen molar-refractivity contribution >= 4 is 17.6 Å². The molecule has 4 aromatic rings. The van der Waals surface area contributed by atoms with Crippen LogP contribution < -0.4 is 10.7 Å². The Bertz CT molecular complexity index is 1360. The topological polar surface area (TPSA) is 128 Å². The lowest BCUT2D eigenvalue weighted by Crippen LogP contribution is -2.21. The van der Waals surface area contributed by atoms with Gasteiger partial charge in [-0.15, -0.1) is 0 Å². The summed E-state index contributed by atoms with van der Waals surface area (Å²) in [4.78, 5) is 36.1. The van der Waals surface area contributed by atoms with Crippen molar-refractivity contribution in [2.45, 2.75) is 13.2 Å². The van der Waals surface area contributed by atoms with Gasteiger partial charge in [0.05, 0.1) is 32.2 Å². The first kappa shape index (κ1) is 22.6. The van der Waals surface area contributed by atoms with Crippen LogP contribution in [0.3, 0.4) is 0 Å². The van der Waals surface area contributed by atoms with E-state index in [0.717, 1.165) is 5.56 Å². The molecule has 172 valence electrons. The first-order valence-electron chi connectivity index (χ1n) is 10.4. The Balaban J connectivity index is 1.45. The predicted octanol–water partition coefficient (Wildman–Crippen LogP) is 2.97. The molecule has 34 heavy (non-hydrogen) atoms. The number of carbonyl (C=O) groups excluding carboxylic acids is 1. The fraction of sp³-hybridized carbons (Fsp3) is 0.125. The molecule has 0 fully saturated rings. The Morgan fingerprint density at radius 3 is 2.68 bits per heavy atom. The zero-order valence-corrected chi connectivity index (χ0v) is 18.0. The summed E-state index contributed by atoms with van der Waals surface area (Å²) in [5.74, 6) is -0.616. The molecule has 10 nitrogen and oxygen atoms in total. The van der Waals surface area contributed by atoms with Gasteiger partial charge in [-0.1, -0.05) is 42.5 Å². The molecule has 0 aliphatic rings. The zero-order valence-electron chi connectivity index (χ0n) is 18.0. The molecule has 4 rings (SSSR count). The molecule has 0 bridgehead atoms. The second-order valence-corrected chi connectivity index (χ2v) is 7.31. The third-order valence-corrected chi connectivity index (χ3v) is 4.86. The smallest absolute Gasteiger partial charge is 0.409 e. The number of rotatable bonds is 9. The van der Waals surface area contributed by atoms with Gasteiger partial charge in [-0.05, 0) is 17.7 Å². The zero-order chi connectivity index (χ0) is 23.9. The van der Waals surface area contributed by atoms with Gasteiger partial charge < -0.3 is 9.84 Å². The molecule has 2 aromatic heterocycles. The number of ether oxygens (including phenoxy) is 1. The minimum Gasteiger partial charge on any atom is -0.465 e. The first-order chi connectivity index (χ1) is 16.5. The maximum Gasteiger partial charge on any atom is 0.409 e. The maximum absolute atomic E-state index is 12.9. The predicted molar refractivity (Wildman–Crippen MR) is 123 cm³/mol. The molecule has 0 spiro atoms. The molecule has 0 atom stereocenters. The molecule has 10 heteroatoms. The molecule has 2 aromatic carbocycles. The maximum atomic E-state index is 12.9. The van der Waals surface area contributed by atoms with Crippen molar-refractivity contribution in [2.75, 3.05) is 11.9 Å². The van der Waals surface area contributed by atoms with Crippen LogP contribution in [0.15, 0.2) is 84.0 Å². The lowest BCUT2D eigenvalue weighted by molar-refractivity contribution is 0.103. The van der Waals surface area contributed by atoms with E-state index < -0.39 is 17.3 Å². The summed E-state index contributed by atoms with van der Waals surface area (Å²) < 4.78 is 8.75. The van der Waals surface area contributed by atoms with Crippen molar-refractivity contribution < 1.29 is 19.4 Å². The normalized spacial score (nSPS) is 10.7. The Labute approximate surface area is 194 Å². The van der Waals surface area contributed by atoms with Gasteiger partial charge in [0.2, 0.25) is 11.2 Å². The third-order valence-electron chi connectivity index (χ3n) is 4.86. The third kappa shape index (κ3) is 5.61. The minimum absolute atomic E-state index is 0.139. The fourth-order valence-electron chi connectivity index (χ4n) is 3.22. The van der Waals surface area contributed by atoms with Crippen LogP contribution in [0.5, 0.6) is 0 Å². The number of benzene rings is 2. The van der Waals surface area contributed by atoms with Crippen LogP contribution in [0.1, 0.15) is 21.6 Å². The number of carbonyl (C=O) groups is 2. The molecule has 2 heterocycles. The second kappa shape index (κ2) is 10.4. The van der Waals surface area contributed by atoms with Gasteiger partial charge >= 0.3 is 6.09 Å². The van der Waals surface area contributed by atoms with Crippen LogP contribution >= 0.6 is 0 Å². The van der Waals surface area contributed by atoms with Gasteiger partial charge in [-0.2, -0.15) is 10.2 Å². The van der Waals surface area contributed by atoms with Crippen LogP contribution in [0.4, 0.5) is 10.5 Å². The molecular weight excluding hydrogens is 438 g/mol. The molecule has 0 aliphatic carbocycles. The highest BCUT2D eigenvalue weighted by molar-refractivity contribution is 6.08. The van der Waals surface area contributed by atoms with Crippen molar-refractivity contribution in [3.8, 4) is 5.69 Å². The molecular formula is C24H21N5O5. The van der Waals surface area contributed by atoms with E-state index in [-0.39, 0.29) is 16.9 Å². The SMILES string of the molecule is O=C(O)Nc1cccc(C(=O)c2nn(-c3cnn(CCOCc4ccccc4)c3)ccc2=O)c1. The highest BCUT2D eigenvalue weighted by Crippen LogP contribution is 2.13. The number of ketones is 1. The average molecular weight is 459 g/mol. The molecule has 0 unspecified atom stereocenters. The standard InChI is InChI=1S/C24H21N5O5/c30-21-9-10-29(27-22(21)23(31)18-7-4-8-19(13-18)26-24(32)33)20-14-25-28(15-20)11-12-34-16-17-5-2-1-3-6-17/h1-10,13-15,26H,11-12,16H2,(H,32,33). The summed E-state index contributed by atoms with van der Waals surface area (Å²) in [5.41, 5.74) is 1.18. The van der Waals surface area contributed by atoms with Crippen molar-refractivity contribution in [2.24, 2.45) is 0 Å². The van der Waals surface area contributed by atoms with Crippen LogP contribution in [-0.2, 0) is 17.9 Å². The summed E-state index contributed by atoms with van der Waals surface area (Å²) in [7, 11) is 0. The van der Waals surface area contributed by atoms with Crippen molar-refractivity contribution in [3.05, 3.63) is 106 Å². The number of carboxylic acid groups (broad SMARTS) is 1. The van der Waals surface area contributed by atoms with Crippen molar-refractivity contribution in [1.82, 2.24) is 19.6 Å². The number of nitrogens with one attached hydrogen (secondary N) is 1. The summed E-state index contributed by atoms with van der Waals surface area (Å²) in [6.45, 7) is 1.48. The van der Waals surface area contributed by atoms with Crippen LogP contribution in [0, 0.1) is 0 Å². The van der Waals surface area contributed by atoms with Gasteiger partial charge in [0.1, 0.15) is 5.69 Å². The van der Waals surface area contributed by atoms with Crippen LogP contribution in [0.25, 0.3) is 5.69 Å². The van der Waals surface area contributed by atoms with E-state index in [1.54, 1.807) is 17.1 Å². The Hall–Kier alpha value is -4.57. The quantitative estimate of drug-likeness (QED) is 0.291. The summed E-state index contributed by atoms with van der Waals surface area (Å²) in [6, 6.07) is 17.0. The van der Waals surface area contributed by atoms with Crippen molar-refractivity contribution in [1.29, 1.82) is 0 Å². The van der Waals surface area contributed by atoms with E-state index >= 15 is 0 Å². The average Bonchev–Trinajstić information content (AvgIpc) is 3.31. The Kier molecular flexibility index (Phi) is 6.89. The molecule has 1 amide bonds. The largest absolute Gasteiger partial charge is 0.465 e. The number of amides is 1. The number of aromatic nitrogens is 4. The minimum atomic E-state index is -1.26. The van der Waals surface area contributed by atoms with E-state index in [1.165, 1.54) is 41.2 Å². The van der Waals surface area contributed by atoms with Crippen LogP contribution in [-0.4, -0.2) is 43.2 Å². The number of hydrogen-bond acceptors (Lipinski definition) is 6. The summed E-state index contributed by atoms with van der Waals surface area (Å²) >= 11 is 0. The van der Waals surface area contributed by atoms with Gasteiger partial charge in [-0.25, -0.2) is 9.48 Å². The fourth-order valence-corrected chi connectivity index (χ4v) is 3.22. The highest BCUT2D eigenvalue weighted by Gasteiger charge is 2.17. The summed E-state index contributed by atoms with van der Waals surface area (Å²) in [6.07, 6.45) is 3.50. The van der Waals surface area contributed by atoms with E-state index in [0.29, 0.717) is 25.4 Å². The van der Waals surface area contributed by atoms with Gasteiger partial charge in [0, 0.05) is 23.5 Å². The highest BCUT2D eigenvalue weighted by atomic mass is 16.5. The van der Waals surface area contributed by atoms with Gasteiger partial charge in [0.25, 0.3) is 0 Å². The molecule has 0 aliphatic heterocycles. The van der Waals surface area contributed by atoms with Gasteiger partial charge in [0.15, 0.2) is 5.69 Å². The van der Waals surface area contributed by atoms with Gasteiger partial charge in [-0.3, -0.25) is 19.6 Å². The molecule has 0 saturated heterocycles. The van der Waals surface area contributed by atoms with E-state index in [2.05, 4.69) is 15.5 Å². The lowest BCUT2D eigenvalue weighted by Gasteiger charge is -2.06. The molecule has 0 saturated carbocycles. The van der Waals surface area contributed by atoms with E-state index in [4.69, 9.17) is 9.84 Å². The summed E-state index contributed by atoms with van der Waals surface area (Å²) in [5, 5.41) is 19.5. The molecule has 2 N–H and O–H groups in total. The lowest BCUT2D eigenvalue weighted by atomic mass is 10.1. The van der Waals surface area contributed by atoms with E-state index in [1.807, 2.05) is 30.3 Å². The van der Waals surface area contributed by atoms with Crippen LogP contribution in [0.2, 0.25) is 0 Å². The monoisotopic (exact) mass is 459 g/mol. The van der Waals surface area contributed by atoms with Crippen molar-refractivity contribution in [3.63, 3.8) is 0 Å². The first-order valence-corrected chi connectivity index (χ1v) is 10.4.